The molecule has 0 aliphatic heterocycles. The van der Waals surface area contributed by atoms with Crippen molar-refractivity contribution < 1.29 is 0 Å². The van der Waals surface area contributed by atoms with Gasteiger partial charge in [0.1, 0.15) is 0 Å². The highest BCUT2D eigenvalue weighted by atomic mass is 14.6. The van der Waals surface area contributed by atoms with Crippen LogP contribution in [0.2, 0.25) is 0 Å². The van der Waals surface area contributed by atoms with Gasteiger partial charge >= 0.3 is 0 Å². The standard InChI is InChI=1S/2C13H13N.C2H6/c1-2-11-6-3-4-8-13(11)12-7-5-9-14-10-12;1-2-11-5-3-4-6-13(11)12-7-9-14-10-8-12;1-2/h2*3-10H,2H2,1H3;1-2H3. The zero-order valence-electron chi connectivity index (χ0n) is 18.5. The second kappa shape index (κ2) is 13.1. The Morgan fingerprint density at radius 1 is 0.533 bits per heavy atom. The molecular weight excluding hydrogens is 364 g/mol. The van der Waals surface area contributed by atoms with E-state index in [1.54, 1.807) is 6.20 Å². The molecule has 2 heterocycles. The summed E-state index contributed by atoms with van der Waals surface area (Å²) in [6, 6.07) is 25.1. The minimum Gasteiger partial charge on any atom is -0.265 e. The molecule has 0 aliphatic rings. The summed E-state index contributed by atoms with van der Waals surface area (Å²) in [7, 11) is 0. The maximum atomic E-state index is 4.14. The molecule has 2 aromatic carbocycles. The molecule has 0 amide bonds. The lowest BCUT2D eigenvalue weighted by molar-refractivity contribution is 1.14. The first-order chi connectivity index (χ1) is 14.8. The molecule has 0 spiro atoms. The number of aromatic nitrogens is 2. The Morgan fingerprint density at radius 3 is 1.57 bits per heavy atom. The lowest BCUT2D eigenvalue weighted by atomic mass is 9.99. The van der Waals surface area contributed by atoms with Gasteiger partial charge in [0.15, 0.2) is 0 Å². The van der Waals surface area contributed by atoms with Crippen molar-refractivity contribution in [3.8, 4) is 22.3 Å². The summed E-state index contributed by atoms with van der Waals surface area (Å²) in [5.41, 5.74) is 7.82. The molecule has 0 radical (unpaired) electrons. The highest BCUT2D eigenvalue weighted by Gasteiger charge is 2.02. The maximum absolute atomic E-state index is 4.14. The second-order valence-corrected chi connectivity index (χ2v) is 6.50. The summed E-state index contributed by atoms with van der Waals surface area (Å²) in [5.74, 6) is 0. The van der Waals surface area contributed by atoms with Gasteiger partial charge in [0.2, 0.25) is 0 Å². The van der Waals surface area contributed by atoms with Gasteiger partial charge in [-0.25, -0.2) is 0 Å². The molecule has 4 aromatic rings. The average Bonchev–Trinajstić information content (AvgIpc) is 2.86. The molecule has 0 atom stereocenters. The zero-order valence-corrected chi connectivity index (χ0v) is 18.5. The highest BCUT2D eigenvalue weighted by Crippen LogP contribution is 2.23. The van der Waals surface area contributed by atoms with Gasteiger partial charge in [0.05, 0.1) is 0 Å². The van der Waals surface area contributed by atoms with Gasteiger partial charge in [0, 0.05) is 30.4 Å². The van der Waals surface area contributed by atoms with Crippen molar-refractivity contribution >= 4 is 0 Å². The summed E-state index contributed by atoms with van der Waals surface area (Å²) >= 11 is 0. The molecule has 154 valence electrons. The van der Waals surface area contributed by atoms with Crippen LogP contribution in [0.4, 0.5) is 0 Å². The molecule has 0 saturated heterocycles. The van der Waals surface area contributed by atoms with Crippen LogP contribution in [0, 0.1) is 0 Å². The molecule has 4 rings (SSSR count). The van der Waals surface area contributed by atoms with Gasteiger partial charge in [0.25, 0.3) is 0 Å². The summed E-state index contributed by atoms with van der Waals surface area (Å²) in [5, 5.41) is 0. The summed E-state index contributed by atoms with van der Waals surface area (Å²) < 4.78 is 0. The van der Waals surface area contributed by atoms with Crippen molar-refractivity contribution in [3.63, 3.8) is 0 Å². The van der Waals surface area contributed by atoms with Gasteiger partial charge in [-0.1, -0.05) is 82.3 Å². The van der Waals surface area contributed by atoms with E-state index in [9.17, 15) is 0 Å². The number of benzene rings is 2. The van der Waals surface area contributed by atoms with E-state index in [1.807, 2.05) is 38.5 Å². The Kier molecular flexibility index (Phi) is 10.0. The lowest BCUT2D eigenvalue weighted by Gasteiger charge is -2.06. The van der Waals surface area contributed by atoms with E-state index in [-0.39, 0.29) is 0 Å². The maximum Gasteiger partial charge on any atom is 0.0346 e. The van der Waals surface area contributed by atoms with E-state index in [4.69, 9.17) is 0 Å². The van der Waals surface area contributed by atoms with Crippen molar-refractivity contribution in [2.24, 2.45) is 0 Å². The molecule has 0 bridgehead atoms. The predicted molar refractivity (Wildman–Crippen MR) is 129 cm³/mol. The van der Waals surface area contributed by atoms with Crippen molar-refractivity contribution in [3.05, 3.63) is 109 Å². The van der Waals surface area contributed by atoms with Crippen LogP contribution < -0.4 is 0 Å². The van der Waals surface area contributed by atoms with Crippen LogP contribution in [-0.2, 0) is 12.8 Å². The number of aryl methyl sites for hydroxylation is 2. The largest absolute Gasteiger partial charge is 0.265 e. The SMILES string of the molecule is CC.CCc1ccccc1-c1cccnc1.CCc1ccccc1-c1ccncc1. The fourth-order valence-corrected chi connectivity index (χ4v) is 3.27. The van der Waals surface area contributed by atoms with Crippen LogP contribution >= 0.6 is 0 Å². The van der Waals surface area contributed by atoms with Gasteiger partial charge in [-0.05, 0) is 58.9 Å². The third kappa shape index (κ3) is 6.38. The second-order valence-electron chi connectivity index (χ2n) is 6.50. The predicted octanol–water partition coefficient (Wildman–Crippen LogP) is 7.65. The Balaban J connectivity index is 0.000000197. The van der Waals surface area contributed by atoms with Crippen molar-refractivity contribution in [1.82, 2.24) is 9.97 Å². The molecule has 2 aromatic heterocycles. The molecule has 30 heavy (non-hydrogen) atoms. The van der Waals surface area contributed by atoms with Crippen molar-refractivity contribution in [1.29, 1.82) is 0 Å². The molecule has 0 N–H and O–H groups in total. The van der Waals surface area contributed by atoms with Crippen molar-refractivity contribution in [2.75, 3.05) is 0 Å². The number of nitrogens with zero attached hydrogens (tertiary/aromatic N) is 2. The minimum atomic E-state index is 1.06. The fourth-order valence-electron chi connectivity index (χ4n) is 3.27. The van der Waals surface area contributed by atoms with Gasteiger partial charge in [-0.2, -0.15) is 0 Å². The first-order valence-electron chi connectivity index (χ1n) is 10.8. The Morgan fingerprint density at radius 2 is 1.07 bits per heavy atom. The molecule has 0 aliphatic carbocycles. The number of rotatable bonds is 4. The number of hydrogen-bond acceptors (Lipinski definition) is 2. The molecule has 0 unspecified atom stereocenters. The zero-order chi connectivity index (χ0) is 21.6. The van der Waals surface area contributed by atoms with Crippen molar-refractivity contribution in [2.45, 2.75) is 40.5 Å². The van der Waals surface area contributed by atoms with E-state index >= 15 is 0 Å². The third-order valence-corrected chi connectivity index (χ3v) is 4.76. The third-order valence-electron chi connectivity index (χ3n) is 4.76. The van der Waals surface area contributed by atoms with E-state index in [1.165, 1.54) is 33.4 Å². The Hall–Kier alpha value is -3.26. The van der Waals surface area contributed by atoms with Crippen LogP contribution in [0.1, 0.15) is 38.8 Å². The number of hydrogen-bond donors (Lipinski definition) is 0. The quantitative estimate of drug-likeness (QED) is 0.354. The monoisotopic (exact) mass is 396 g/mol. The van der Waals surface area contributed by atoms with Crippen LogP contribution in [0.15, 0.2) is 97.6 Å². The fraction of sp³-hybridized carbons (Fsp3) is 0.214. The first-order valence-corrected chi connectivity index (χ1v) is 10.8. The normalized spacial score (nSPS) is 9.60. The van der Waals surface area contributed by atoms with Gasteiger partial charge < -0.3 is 0 Å². The van der Waals surface area contributed by atoms with Crippen LogP contribution in [0.5, 0.6) is 0 Å². The Bertz CT molecular complexity index is 896. The van der Waals surface area contributed by atoms with E-state index in [0.29, 0.717) is 0 Å². The van der Waals surface area contributed by atoms with Crippen LogP contribution in [0.25, 0.3) is 22.3 Å². The van der Waals surface area contributed by atoms with Gasteiger partial charge in [-0.15, -0.1) is 0 Å². The van der Waals surface area contributed by atoms with Crippen LogP contribution in [-0.4, -0.2) is 9.97 Å². The molecule has 2 heteroatoms. The Labute approximate surface area is 181 Å². The summed E-state index contributed by atoms with van der Waals surface area (Å²) in [4.78, 5) is 8.16. The number of pyridine rings is 2. The minimum absolute atomic E-state index is 1.06. The highest BCUT2D eigenvalue weighted by molar-refractivity contribution is 5.67. The molecular formula is C28H32N2. The smallest absolute Gasteiger partial charge is 0.0346 e. The van der Waals surface area contributed by atoms with E-state index in [2.05, 4.69) is 90.5 Å². The summed E-state index contributed by atoms with van der Waals surface area (Å²) in [6.07, 6.45) is 9.51. The molecule has 2 nitrogen and oxygen atoms in total. The topological polar surface area (TPSA) is 25.8 Å². The summed E-state index contributed by atoms with van der Waals surface area (Å²) in [6.45, 7) is 8.36. The lowest BCUT2D eigenvalue weighted by Crippen LogP contribution is -1.86. The first kappa shape index (κ1) is 23.0. The van der Waals surface area contributed by atoms with E-state index < -0.39 is 0 Å². The molecule has 0 saturated carbocycles. The van der Waals surface area contributed by atoms with Gasteiger partial charge in [-0.3, -0.25) is 9.97 Å². The molecule has 0 fully saturated rings. The van der Waals surface area contributed by atoms with Crippen LogP contribution in [0.3, 0.4) is 0 Å². The average molecular weight is 397 g/mol. The van der Waals surface area contributed by atoms with E-state index in [0.717, 1.165) is 12.8 Å².